The average molecular weight is 346 g/mol. The van der Waals surface area contributed by atoms with Crippen molar-refractivity contribution in [3.8, 4) is 5.75 Å². The van der Waals surface area contributed by atoms with Gasteiger partial charge < -0.3 is 20.7 Å². The summed E-state index contributed by atoms with van der Waals surface area (Å²) in [5, 5.41) is 10.7. The molecule has 3 amide bonds. The highest BCUT2D eigenvalue weighted by atomic mass is 32.1. The van der Waals surface area contributed by atoms with Crippen molar-refractivity contribution in [2.24, 2.45) is 0 Å². The SMILES string of the molecule is COc1ccccc1NC(=O)NCc1nc(C(=O)NC2CC2)cs1. The molecule has 0 atom stereocenters. The molecular formula is C16H18N4O3S. The van der Waals surface area contributed by atoms with Gasteiger partial charge >= 0.3 is 6.03 Å². The Balaban J connectivity index is 1.51. The summed E-state index contributed by atoms with van der Waals surface area (Å²) in [5.41, 5.74) is 0.981. The first-order chi connectivity index (χ1) is 11.7. The molecule has 1 fully saturated rings. The molecule has 1 aliphatic carbocycles. The van der Waals surface area contributed by atoms with E-state index in [9.17, 15) is 9.59 Å². The van der Waals surface area contributed by atoms with Crippen LogP contribution in [-0.4, -0.2) is 30.1 Å². The molecule has 7 nitrogen and oxygen atoms in total. The topological polar surface area (TPSA) is 92.3 Å². The molecule has 0 radical (unpaired) electrons. The van der Waals surface area contributed by atoms with Crippen molar-refractivity contribution in [2.75, 3.05) is 12.4 Å². The average Bonchev–Trinajstić information content (AvgIpc) is 3.27. The molecule has 126 valence electrons. The highest BCUT2D eigenvalue weighted by Crippen LogP contribution is 2.23. The van der Waals surface area contributed by atoms with E-state index in [4.69, 9.17) is 4.74 Å². The molecule has 0 saturated heterocycles. The molecule has 1 heterocycles. The van der Waals surface area contributed by atoms with Gasteiger partial charge in [0.15, 0.2) is 0 Å². The second kappa shape index (κ2) is 7.31. The standard InChI is InChI=1S/C16H18N4O3S/c1-23-13-5-3-2-4-11(13)20-16(22)17-8-14-19-12(9-24-14)15(21)18-10-6-7-10/h2-5,9-10H,6-8H2,1H3,(H,18,21)(H2,17,20,22). The number of thiazole rings is 1. The van der Waals surface area contributed by atoms with E-state index in [2.05, 4.69) is 20.9 Å². The number of aromatic nitrogens is 1. The molecule has 1 aromatic heterocycles. The molecule has 8 heteroatoms. The molecule has 3 rings (SSSR count). The first-order valence-corrected chi connectivity index (χ1v) is 8.47. The Morgan fingerprint density at radius 1 is 1.33 bits per heavy atom. The van der Waals surface area contributed by atoms with Crippen molar-refractivity contribution in [1.82, 2.24) is 15.6 Å². The zero-order valence-corrected chi connectivity index (χ0v) is 14.0. The lowest BCUT2D eigenvalue weighted by atomic mass is 10.3. The number of nitrogens with zero attached hydrogens (tertiary/aromatic N) is 1. The van der Waals surface area contributed by atoms with E-state index in [0.29, 0.717) is 28.2 Å². The summed E-state index contributed by atoms with van der Waals surface area (Å²) in [4.78, 5) is 28.1. The number of hydrogen-bond acceptors (Lipinski definition) is 5. The molecule has 1 aromatic carbocycles. The summed E-state index contributed by atoms with van der Waals surface area (Å²) in [6, 6.07) is 7.09. The minimum Gasteiger partial charge on any atom is -0.495 e. The van der Waals surface area contributed by atoms with Crippen molar-refractivity contribution in [3.63, 3.8) is 0 Å². The summed E-state index contributed by atoms with van der Waals surface area (Å²) in [6.45, 7) is 0.252. The van der Waals surface area contributed by atoms with E-state index in [1.807, 2.05) is 12.1 Å². The van der Waals surface area contributed by atoms with Crippen LogP contribution in [0.2, 0.25) is 0 Å². The van der Waals surface area contributed by atoms with Gasteiger partial charge in [-0.15, -0.1) is 11.3 Å². The van der Waals surface area contributed by atoms with Gasteiger partial charge in [0.1, 0.15) is 16.5 Å². The summed E-state index contributed by atoms with van der Waals surface area (Å²) >= 11 is 1.34. The van der Waals surface area contributed by atoms with Crippen LogP contribution in [0.3, 0.4) is 0 Å². The van der Waals surface area contributed by atoms with Crippen LogP contribution < -0.4 is 20.7 Å². The fourth-order valence-corrected chi connectivity index (χ4v) is 2.77. The lowest BCUT2D eigenvalue weighted by Gasteiger charge is -2.10. The van der Waals surface area contributed by atoms with Crippen molar-refractivity contribution < 1.29 is 14.3 Å². The smallest absolute Gasteiger partial charge is 0.319 e. The van der Waals surface area contributed by atoms with Gasteiger partial charge in [0, 0.05) is 11.4 Å². The van der Waals surface area contributed by atoms with Crippen LogP contribution >= 0.6 is 11.3 Å². The number of hydrogen-bond donors (Lipinski definition) is 3. The fourth-order valence-electron chi connectivity index (χ4n) is 2.05. The lowest BCUT2D eigenvalue weighted by Crippen LogP contribution is -2.28. The first-order valence-electron chi connectivity index (χ1n) is 7.59. The van der Waals surface area contributed by atoms with Gasteiger partial charge in [-0.05, 0) is 25.0 Å². The zero-order chi connectivity index (χ0) is 16.9. The normalized spacial score (nSPS) is 13.2. The fraction of sp³-hybridized carbons (Fsp3) is 0.312. The van der Waals surface area contributed by atoms with Crippen molar-refractivity contribution in [3.05, 3.63) is 40.3 Å². The maximum atomic E-state index is 12.0. The first kappa shape index (κ1) is 16.3. The van der Waals surface area contributed by atoms with E-state index >= 15 is 0 Å². The molecule has 0 unspecified atom stereocenters. The maximum Gasteiger partial charge on any atom is 0.319 e. The minimum atomic E-state index is -0.362. The largest absolute Gasteiger partial charge is 0.495 e. The number of urea groups is 1. The number of carbonyl (C=O) groups excluding carboxylic acids is 2. The second-order valence-electron chi connectivity index (χ2n) is 5.38. The summed E-state index contributed by atoms with van der Waals surface area (Å²) in [5.74, 6) is 0.430. The van der Waals surface area contributed by atoms with Gasteiger partial charge in [-0.2, -0.15) is 0 Å². The van der Waals surface area contributed by atoms with Gasteiger partial charge in [0.2, 0.25) is 0 Å². The Hall–Kier alpha value is -2.61. The summed E-state index contributed by atoms with van der Waals surface area (Å²) in [7, 11) is 1.54. The Labute approximate surface area is 143 Å². The lowest BCUT2D eigenvalue weighted by molar-refractivity contribution is 0.0946. The number of nitrogens with one attached hydrogen (secondary N) is 3. The number of ether oxygens (including phenoxy) is 1. The molecule has 1 aliphatic rings. The van der Waals surface area contributed by atoms with Crippen LogP contribution in [0.4, 0.5) is 10.5 Å². The van der Waals surface area contributed by atoms with E-state index in [1.54, 1.807) is 24.6 Å². The third-order valence-corrected chi connectivity index (χ3v) is 4.30. The van der Waals surface area contributed by atoms with Crippen molar-refractivity contribution in [2.45, 2.75) is 25.4 Å². The Morgan fingerprint density at radius 2 is 2.12 bits per heavy atom. The zero-order valence-electron chi connectivity index (χ0n) is 13.2. The molecule has 3 N–H and O–H groups in total. The Morgan fingerprint density at radius 3 is 2.88 bits per heavy atom. The van der Waals surface area contributed by atoms with Gasteiger partial charge in [0.25, 0.3) is 5.91 Å². The highest BCUT2D eigenvalue weighted by molar-refractivity contribution is 7.09. The number of benzene rings is 1. The number of methoxy groups -OCH3 is 1. The van der Waals surface area contributed by atoms with E-state index in [-0.39, 0.29) is 18.5 Å². The third kappa shape index (κ3) is 4.23. The van der Waals surface area contributed by atoms with Crippen LogP contribution in [0, 0.1) is 0 Å². The van der Waals surface area contributed by atoms with Gasteiger partial charge in [-0.25, -0.2) is 9.78 Å². The summed E-state index contributed by atoms with van der Waals surface area (Å²) in [6.07, 6.45) is 2.07. The van der Waals surface area contributed by atoms with E-state index < -0.39 is 0 Å². The predicted octanol–water partition coefficient (Wildman–Crippen LogP) is 2.37. The monoisotopic (exact) mass is 346 g/mol. The molecule has 0 aliphatic heterocycles. The van der Waals surface area contributed by atoms with Crippen LogP contribution in [0.1, 0.15) is 28.3 Å². The van der Waals surface area contributed by atoms with Crippen LogP contribution in [-0.2, 0) is 6.54 Å². The Bertz CT molecular complexity index is 742. The molecule has 2 aromatic rings. The Kier molecular flexibility index (Phi) is 4.95. The highest BCUT2D eigenvalue weighted by Gasteiger charge is 2.24. The molecule has 1 saturated carbocycles. The molecule has 24 heavy (non-hydrogen) atoms. The number of anilines is 1. The minimum absolute atomic E-state index is 0.154. The summed E-state index contributed by atoms with van der Waals surface area (Å²) < 4.78 is 5.18. The van der Waals surface area contributed by atoms with Crippen molar-refractivity contribution >= 4 is 29.0 Å². The van der Waals surface area contributed by atoms with E-state index in [0.717, 1.165) is 12.8 Å². The van der Waals surface area contributed by atoms with Crippen LogP contribution in [0.5, 0.6) is 5.75 Å². The number of amides is 3. The van der Waals surface area contributed by atoms with Crippen LogP contribution in [0.25, 0.3) is 0 Å². The third-order valence-electron chi connectivity index (χ3n) is 3.45. The molecule has 0 bridgehead atoms. The second-order valence-corrected chi connectivity index (χ2v) is 6.32. The maximum absolute atomic E-state index is 12.0. The van der Waals surface area contributed by atoms with Gasteiger partial charge in [-0.3, -0.25) is 4.79 Å². The van der Waals surface area contributed by atoms with E-state index in [1.165, 1.54) is 11.3 Å². The van der Waals surface area contributed by atoms with Gasteiger partial charge in [0.05, 0.1) is 19.3 Å². The quantitative estimate of drug-likeness (QED) is 0.749. The number of para-hydroxylation sites is 2. The van der Waals surface area contributed by atoms with Crippen molar-refractivity contribution in [1.29, 1.82) is 0 Å². The molecule has 0 spiro atoms. The predicted molar refractivity (Wildman–Crippen MR) is 91.5 cm³/mol. The number of rotatable bonds is 6. The number of carbonyl (C=O) groups is 2. The molecular weight excluding hydrogens is 328 g/mol. The van der Waals surface area contributed by atoms with Crippen LogP contribution in [0.15, 0.2) is 29.6 Å². The van der Waals surface area contributed by atoms with Gasteiger partial charge in [-0.1, -0.05) is 12.1 Å².